The maximum Gasteiger partial charge on any atom is 2.00 e. The quantitative estimate of drug-likeness (QED) is 0.271. The second-order valence-corrected chi connectivity index (χ2v) is 3.10. The zero-order valence-corrected chi connectivity index (χ0v) is 13.1. The van der Waals surface area contributed by atoms with E-state index in [4.69, 9.17) is 15.6 Å². The van der Waals surface area contributed by atoms with E-state index in [0.29, 0.717) is 11.3 Å². The molecule has 1 aromatic rings. The van der Waals surface area contributed by atoms with Crippen LogP contribution in [0.4, 0.5) is 0 Å². The van der Waals surface area contributed by atoms with Gasteiger partial charge < -0.3 is 21.1 Å². The Morgan fingerprint density at radius 2 is 2.24 bits per heavy atom. The molecule has 1 rings (SSSR count). The molecule has 0 aromatic heterocycles. The normalized spacial score (nSPS) is 9.00. The maximum absolute atomic E-state index is 7.72. The number of hydrazone groups is 1. The van der Waals surface area contributed by atoms with E-state index in [2.05, 4.69) is 22.7 Å². The van der Waals surface area contributed by atoms with Gasteiger partial charge in [0.1, 0.15) is 0 Å². The fraction of sp³-hybridized carbons (Fsp3) is 0.111. The first kappa shape index (κ1) is 18.1. The summed E-state index contributed by atoms with van der Waals surface area (Å²) in [7, 11) is 1.52. The van der Waals surface area contributed by atoms with Crippen molar-refractivity contribution in [2.24, 2.45) is 10.8 Å². The minimum absolute atomic E-state index is 0. The first-order valence-corrected chi connectivity index (χ1v) is 4.53. The van der Waals surface area contributed by atoms with Crippen LogP contribution in [0.25, 0.3) is 0 Å². The molecular formula is C9H13N3O3SZn+2. The van der Waals surface area contributed by atoms with Crippen molar-refractivity contribution in [3.05, 3.63) is 23.8 Å². The maximum atomic E-state index is 7.72. The molecule has 0 heterocycles. The van der Waals surface area contributed by atoms with Crippen molar-refractivity contribution in [2.75, 3.05) is 7.11 Å². The zero-order chi connectivity index (χ0) is 11.3. The molecule has 8 heteroatoms. The van der Waals surface area contributed by atoms with Crippen molar-refractivity contribution in [1.82, 2.24) is 5.43 Å². The molecule has 6 N–H and O–H groups in total. The van der Waals surface area contributed by atoms with Gasteiger partial charge in [-0.1, -0.05) is 6.07 Å². The summed E-state index contributed by atoms with van der Waals surface area (Å²) in [5.74, 6) is 0.766. The summed E-state index contributed by atoms with van der Waals surface area (Å²) in [5, 5.41) is 11.6. The first-order valence-electron chi connectivity index (χ1n) is 4.12. The summed E-state index contributed by atoms with van der Waals surface area (Å²) < 4.78 is 4.99. The average Bonchev–Trinajstić information content (AvgIpc) is 2.20. The molecule has 0 unspecified atom stereocenters. The number of hydrogen-bond acceptors (Lipinski definition) is 4. The van der Waals surface area contributed by atoms with Crippen LogP contribution in [0.3, 0.4) is 0 Å². The van der Waals surface area contributed by atoms with E-state index in [9.17, 15) is 0 Å². The zero-order valence-electron chi connectivity index (χ0n) is 9.30. The molecule has 0 saturated carbocycles. The van der Waals surface area contributed by atoms with Crippen LogP contribution in [-0.4, -0.2) is 29.0 Å². The van der Waals surface area contributed by atoms with Crippen molar-refractivity contribution in [2.45, 2.75) is 0 Å². The van der Waals surface area contributed by atoms with Crippen LogP contribution in [0.1, 0.15) is 5.56 Å². The standard InChI is InChI=1S/C9H11N3O2S.H2O.Zn/c1-14-7-4-2-3-6(8(7)13)5-11-12-9(10)15;;/h2-5,13H,1H3,(H3,10,12,15);1H2;/q;;+2. The molecule has 0 radical (unpaired) electrons. The van der Waals surface area contributed by atoms with Crippen LogP contribution in [0.5, 0.6) is 11.5 Å². The predicted octanol–water partition coefficient (Wildman–Crippen LogP) is 0.121. The number of hydrogen-bond donors (Lipinski definition) is 2. The van der Waals surface area contributed by atoms with Gasteiger partial charge in [0.2, 0.25) is 5.75 Å². The summed E-state index contributed by atoms with van der Waals surface area (Å²) in [6, 6.07) is 5.23. The van der Waals surface area contributed by atoms with Crippen LogP contribution in [0, 0.1) is 0 Å². The number of ether oxygens (including phenoxy) is 1. The number of nitrogens with two attached hydrogens (primary N) is 1. The Hall–Kier alpha value is -1.24. The largest absolute Gasteiger partial charge is 2.00 e. The fourth-order valence-electron chi connectivity index (χ4n) is 0.991. The summed E-state index contributed by atoms with van der Waals surface area (Å²) in [6.45, 7) is 0. The number of para-hydroxylation sites is 1. The van der Waals surface area contributed by atoms with Crippen LogP contribution >= 0.6 is 12.2 Å². The van der Waals surface area contributed by atoms with Crippen LogP contribution in [0.2, 0.25) is 0 Å². The van der Waals surface area contributed by atoms with E-state index in [0.717, 1.165) is 0 Å². The van der Waals surface area contributed by atoms with E-state index < -0.39 is 0 Å². The van der Waals surface area contributed by atoms with Gasteiger partial charge in [-0.05, 0) is 24.4 Å². The van der Waals surface area contributed by atoms with Gasteiger partial charge in [0.05, 0.1) is 18.9 Å². The fourth-order valence-corrected chi connectivity index (χ4v) is 1.04. The van der Waals surface area contributed by atoms with Gasteiger partial charge in [-0.2, -0.15) is 5.10 Å². The molecule has 0 spiro atoms. The van der Waals surface area contributed by atoms with Crippen molar-refractivity contribution in [3.63, 3.8) is 0 Å². The average molecular weight is 309 g/mol. The van der Waals surface area contributed by atoms with Crippen molar-refractivity contribution < 1.29 is 34.8 Å². The topological polar surface area (TPSA) is 113 Å². The van der Waals surface area contributed by atoms with Gasteiger partial charge in [-0.3, -0.25) is 5.43 Å². The number of benzene rings is 1. The smallest absolute Gasteiger partial charge is 0.870 e. The third-order valence-corrected chi connectivity index (χ3v) is 1.75. The van der Waals surface area contributed by atoms with Crippen molar-refractivity contribution in [3.8, 4) is 11.5 Å². The monoisotopic (exact) mass is 307 g/mol. The third kappa shape index (κ3) is 5.58. The molecule has 88 valence electrons. The minimum atomic E-state index is 0. The number of methoxy groups -OCH3 is 1. The third-order valence-electron chi connectivity index (χ3n) is 1.66. The SMILES string of the molecule is COc1cccc(C=NNC(N)=S)c1[OH2+].[OH-].[Zn+2]. The molecule has 6 nitrogen and oxygen atoms in total. The second kappa shape index (κ2) is 8.86. The molecule has 0 aliphatic rings. The van der Waals surface area contributed by atoms with Crippen molar-refractivity contribution >= 4 is 23.5 Å². The van der Waals surface area contributed by atoms with Gasteiger partial charge in [-0.25, -0.2) is 0 Å². The van der Waals surface area contributed by atoms with E-state index in [1.165, 1.54) is 13.3 Å². The predicted molar refractivity (Wildman–Crippen MR) is 65.5 cm³/mol. The number of nitrogens with zero attached hydrogens (tertiary/aromatic N) is 1. The summed E-state index contributed by atoms with van der Waals surface area (Å²) in [6.07, 6.45) is 1.46. The molecule has 0 bridgehead atoms. The molecule has 0 amide bonds. The Labute approximate surface area is 117 Å². The van der Waals surface area contributed by atoms with E-state index in [-0.39, 0.29) is 35.8 Å². The van der Waals surface area contributed by atoms with E-state index in [1.54, 1.807) is 18.2 Å². The summed E-state index contributed by atoms with van der Waals surface area (Å²) >= 11 is 4.57. The van der Waals surface area contributed by atoms with Gasteiger partial charge in [0.25, 0.3) is 0 Å². The molecule has 0 atom stereocenters. The van der Waals surface area contributed by atoms with Gasteiger partial charge in [0, 0.05) is 0 Å². The molecule has 0 saturated heterocycles. The Kier molecular flexibility index (Phi) is 9.46. The molecule has 0 fully saturated rings. The molecular weight excluding hydrogens is 296 g/mol. The van der Waals surface area contributed by atoms with Crippen LogP contribution in [-0.2, 0) is 19.5 Å². The Morgan fingerprint density at radius 1 is 1.59 bits per heavy atom. The molecule has 0 aliphatic carbocycles. The van der Waals surface area contributed by atoms with Gasteiger partial charge in [-0.15, -0.1) is 0 Å². The number of nitrogens with one attached hydrogen (secondary N) is 1. The number of thiocarbonyl (C=S) groups is 1. The Bertz CT molecular complexity index is 401. The summed E-state index contributed by atoms with van der Waals surface area (Å²) in [4.78, 5) is 0. The summed E-state index contributed by atoms with van der Waals surface area (Å²) in [5.41, 5.74) is 8.22. The van der Waals surface area contributed by atoms with Crippen LogP contribution < -0.4 is 15.9 Å². The minimum Gasteiger partial charge on any atom is -0.870 e. The Morgan fingerprint density at radius 3 is 2.76 bits per heavy atom. The van der Waals surface area contributed by atoms with Crippen LogP contribution in [0.15, 0.2) is 23.3 Å². The van der Waals surface area contributed by atoms with Gasteiger partial charge in [0.15, 0.2) is 5.11 Å². The van der Waals surface area contributed by atoms with Gasteiger partial charge >= 0.3 is 25.2 Å². The molecule has 0 aliphatic heterocycles. The first-order chi connectivity index (χ1) is 7.15. The Balaban J connectivity index is 0. The molecule has 1 aromatic carbocycles. The second-order valence-electron chi connectivity index (χ2n) is 2.66. The molecule has 17 heavy (non-hydrogen) atoms. The van der Waals surface area contributed by atoms with Crippen molar-refractivity contribution in [1.29, 1.82) is 0 Å². The van der Waals surface area contributed by atoms with E-state index >= 15 is 0 Å². The van der Waals surface area contributed by atoms with E-state index in [1.807, 2.05) is 0 Å². The number of rotatable bonds is 3.